The number of thiophene rings is 1. The standard InChI is InChI=1S/C14H17ClN4OS/c1-3-6-16-13-8-17-11(7-18-13)14(20)19(2)9-10-4-5-12(15)21-10/h4-5,7-8H,3,6,9H2,1-2H3,(H,16,18). The molecule has 0 spiro atoms. The van der Waals surface area contributed by atoms with Crippen molar-refractivity contribution in [1.82, 2.24) is 14.9 Å². The van der Waals surface area contributed by atoms with Crippen LogP contribution in [0.25, 0.3) is 0 Å². The van der Waals surface area contributed by atoms with Gasteiger partial charge in [0.15, 0.2) is 0 Å². The molecule has 21 heavy (non-hydrogen) atoms. The van der Waals surface area contributed by atoms with Crippen molar-refractivity contribution in [2.75, 3.05) is 18.9 Å². The summed E-state index contributed by atoms with van der Waals surface area (Å²) in [7, 11) is 1.74. The molecule has 0 fully saturated rings. The number of carbonyl (C=O) groups excluding carboxylic acids is 1. The molecule has 0 atom stereocenters. The van der Waals surface area contributed by atoms with Crippen LogP contribution in [0.3, 0.4) is 0 Å². The minimum atomic E-state index is -0.158. The molecule has 1 N–H and O–H groups in total. The van der Waals surface area contributed by atoms with Gasteiger partial charge in [-0.2, -0.15) is 0 Å². The van der Waals surface area contributed by atoms with E-state index in [1.165, 1.54) is 17.5 Å². The van der Waals surface area contributed by atoms with E-state index in [1.807, 2.05) is 12.1 Å². The number of carbonyl (C=O) groups is 1. The highest BCUT2D eigenvalue weighted by Crippen LogP contribution is 2.22. The first-order valence-corrected chi connectivity index (χ1v) is 7.85. The first kappa shape index (κ1) is 15.7. The lowest BCUT2D eigenvalue weighted by Crippen LogP contribution is -2.26. The molecular formula is C14H17ClN4OS. The molecule has 0 bridgehead atoms. The molecule has 0 radical (unpaired) electrons. The van der Waals surface area contributed by atoms with Crippen LogP contribution in [0, 0.1) is 0 Å². The highest BCUT2D eigenvalue weighted by Gasteiger charge is 2.14. The van der Waals surface area contributed by atoms with Crippen molar-refractivity contribution in [2.45, 2.75) is 19.9 Å². The molecule has 0 saturated heterocycles. The Balaban J connectivity index is 1.98. The topological polar surface area (TPSA) is 58.1 Å². The van der Waals surface area contributed by atoms with Gasteiger partial charge >= 0.3 is 0 Å². The summed E-state index contributed by atoms with van der Waals surface area (Å²) in [5.41, 5.74) is 0.335. The van der Waals surface area contributed by atoms with E-state index in [0.717, 1.165) is 22.2 Å². The fraction of sp³-hybridized carbons (Fsp3) is 0.357. The van der Waals surface area contributed by atoms with Crippen molar-refractivity contribution >= 4 is 34.7 Å². The zero-order valence-corrected chi connectivity index (χ0v) is 13.5. The van der Waals surface area contributed by atoms with Crippen LogP contribution in [0.5, 0.6) is 0 Å². The average molecular weight is 325 g/mol. The van der Waals surface area contributed by atoms with E-state index in [-0.39, 0.29) is 5.91 Å². The quantitative estimate of drug-likeness (QED) is 0.886. The van der Waals surface area contributed by atoms with Gasteiger partial charge in [0.25, 0.3) is 5.91 Å². The van der Waals surface area contributed by atoms with Crippen molar-refractivity contribution in [3.05, 3.63) is 39.4 Å². The Kier molecular flexibility index (Phi) is 5.52. The molecule has 2 aromatic rings. The lowest BCUT2D eigenvalue weighted by atomic mass is 10.3. The Morgan fingerprint density at radius 2 is 2.19 bits per heavy atom. The smallest absolute Gasteiger partial charge is 0.274 e. The van der Waals surface area contributed by atoms with Gasteiger partial charge in [0.1, 0.15) is 11.5 Å². The van der Waals surface area contributed by atoms with Crippen molar-refractivity contribution in [3.8, 4) is 0 Å². The molecular weight excluding hydrogens is 308 g/mol. The number of halogens is 1. The predicted octanol–water partition coefficient (Wildman–Crippen LogP) is 3.29. The third-order valence-electron chi connectivity index (χ3n) is 2.80. The summed E-state index contributed by atoms with van der Waals surface area (Å²) < 4.78 is 0.719. The fourth-order valence-corrected chi connectivity index (χ4v) is 2.86. The molecule has 0 aromatic carbocycles. The number of nitrogens with one attached hydrogen (secondary N) is 1. The Morgan fingerprint density at radius 3 is 2.76 bits per heavy atom. The predicted molar refractivity (Wildman–Crippen MR) is 85.9 cm³/mol. The Hall–Kier alpha value is -1.66. The van der Waals surface area contributed by atoms with Crippen molar-refractivity contribution in [3.63, 3.8) is 0 Å². The second-order valence-electron chi connectivity index (χ2n) is 4.58. The zero-order valence-electron chi connectivity index (χ0n) is 12.0. The molecule has 0 saturated carbocycles. The van der Waals surface area contributed by atoms with Gasteiger partial charge in [-0.1, -0.05) is 18.5 Å². The van der Waals surface area contributed by atoms with Crippen LogP contribution in [0.15, 0.2) is 24.5 Å². The number of rotatable bonds is 6. The van der Waals surface area contributed by atoms with E-state index in [9.17, 15) is 4.79 Å². The molecule has 112 valence electrons. The molecule has 0 unspecified atom stereocenters. The number of nitrogens with zero attached hydrogens (tertiary/aromatic N) is 3. The van der Waals surface area contributed by atoms with Crippen molar-refractivity contribution in [1.29, 1.82) is 0 Å². The first-order valence-electron chi connectivity index (χ1n) is 6.65. The van der Waals surface area contributed by atoms with Crippen LogP contribution in [-0.4, -0.2) is 34.4 Å². The lowest BCUT2D eigenvalue weighted by Gasteiger charge is -2.15. The highest BCUT2D eigenvalue weighted by molar-refractivity contribution is 7.16. The van der Waals surface area contributed by atoms with Crippen LogP contribution in [0.2, 0.25) is 4.34 Å². The zero-order chi connectivity index (χ0) is 15.2. The Morgan fingerprint density at radius 1 is 1.38 bits per heavy atom. The van der Waals surface area contributed by atoms with Crippen LogP contribution in [0.4, 0.5) is 5.82 Å². The minimum Gasteiger partial charge on any atom is -0.369 e. The maximum absolute atomic E-state index is 12.3. The number of amides is 1. The van der Waals surface area contributed by atoms with Gasteiger partial charge in [0.05, 0.1) is 23.3 Å². The number of anilines is 1. The third-order valence-corrected chi connectivity index (χ3v) is 4.01. The van der Waals surface area contributed by atoms with Gasteiger partial charge < -0.3 is 10.2 Å². The van der Waals surface area contributed by atoms with E-state index < -0.39 is 0 Å². The van der Waals surface area contributed by atoms with E-state index in [1.54, 1.807) is 18.1 Å². The maximum atomic E-state index is 12.3. The van der Waals surface area contributed by atoms with Crippen LogP contribution >= 0.6 is 22.9 Å². The van der Waals surface area contributed by atoms with Gasteiger partial charge in [-0.3, -0.25) is 4.79 Å². The molecule has 0 aliphatic heterocycles. The molecule has 7 heteroatoms. The van der Waals surface area contributed by atoms with E-state index in [0.29, 0.717) is 18.1 Å². The summed E-state index contributed by atoms with van der Waals surface area (Å²) in [6.07, 6.45) is 4.09. The summed E-state index contributed by atoms with van der Waals surface area (Å²) in [6, 6.07) is 3.74. The molecule has 5 nitrogen and oxygen atoms in total. The van der Waals surface area contributed by atoms with Gasteiger partial charge in [-0.15, -0.1) is 11.3 Å². The lowest BCUT2D eigenvalue weighted by molar-refractivity contribution is 0.0780. The molecule has 0 aliphatic carbocycles. The molecule has 1 amide bonds. The highest BCUT2D eigenvalue weighted by atomic mass is 35.5. The van der Waals surface area contributed by atoms with E-state index in [2.05, 4.69) is 22.2 Å². The van der Waals surface area contributed by atoms with Crippen LogP contribution < -0.4 is 5.32 Å². The normalized spacial score (nSPS) is 10.4. The number of aromatic nitrogens is 2. The van der Waals surface area contributed by atoms with Crippen molar-refractivity contribution < 1.29 is 4.79 Å². The molecule has 2 heterocycles. The van der Waals surface area contributed by atoms with Crippen LogP contribution in [0.1, 0.15) is 28.7 Å². The summed E-state index contributed by atoms with van der Waals surface area (Å²) in [5.74, 6) is 0.523. The largest absolute Gasteiger partial charge is 0.369 e. The summed E-state index contributed by atoms with van der Waals surface area (Å²) >= 11 is 7.35. The fourth-order valence-electron chi connectivity index (χ4n) is 1.72. The maximum Gasteiger partial charge on any atom is 0.274 e. The van der Waals surface area contributed by atoms with Gasteiger partial charge in [-0.05, 0) is 18.6 Å². The SMILES string of the molecule is CCCNc1cnc(C(=O)N(C)Cc2ccc(Cl)s2)cn1. The summed E-state index contributed by atoms with van der Waals surface area (Å²) in [6.45, 7) is 3.42. The summed E-state index contributed by atoms with van der Waals surface area (Å²) in [5, 5.41) is 3.12. The van der Waals surface area contributed by atoms with Gasteiger partial charge in [-0.25, -0.2) is 9.97 Å². The summed E-state index contributed by atoms with van der Waals surface area (Å²) in [4.78, 5) is 23.2. The number of hydrogen-bond acceptors (Lipinski definition) is 5. The van der Waals surface area contributed by atoms with E-state index in [4.69, 9.17) is 11.6 Å². The second-order valence-corrected chi connectivity index (χ2v) is 6.38. The second kappa shape index (κ2) is 7.38. The van der Waals surface area contributed by atoms with Crippen molar-refractivity contribution in [2.24, 2.45) is 0 Å². The van der Waals surface area contributed by atoms with Crippen LogP contribution in [-0.2, 0) is 6.54 Å². The third kappa shape index (κ3) is 4.41. The monoisotopic (exact) mass is 324 g/mol. The number of hydrogen-bond donors (Lipinski definition) is 1. The minimum absolute atomic E-state index is 0.158. The molecule has 0 aliphatic rings. The van der Waals surface area contributed by atoms with E-state index >= 15 is 0 Å². The Labute approximate surface area is 133 Å². The first-order chi connectivity index (χ1) is 10.1. The average Bonchev–Trinajstić information content (AvgIpc) is 2.90. The molecule has 2 aromatic heterocycles. The molecule has 2 rings (SSSR count). The van der Waals surface area contributed by atoms with Gasteiger partial charge in [0.2, 0.25) is 0 Å². The van der Waals surface area contributed by atoms with Gasteiger partial charge in [0, 0.05) is 18.5 Å². The Bertz CT molecular complexity index is 599.